The molecule has 0 aromatic heterocycles. The van der Waals surface area contributed by atoms with Crippen LogP contribution in [0.5, 0.6) is 0 Å². The predicted octanol–water partition coefficient (Wildman–Crippen LogP) is 2.59. The molecule has 0 aromatic rings. The number of hydrogen-bond donors (Lipinski definition) is 0. The van der Waals surface area contributed by atoms with E-state index in [1.807, 2.05) is 0 Å². The molecule has 2 aliphatic rings. The van der Waals surface area contributed by atoms with Crippen LogP contribution in [0.25, 0.3) is 0 Å². The Morgan fingerprint density at radius 1 is 0.667 bits per heavy atom. The molecular weight excluding hydrogens is 392 g/mol. The molecule has 2 fully saturated rings. The molecule has 30 heavy (non-hydrogen) atoms. The summed E-state index contributed by atoms with van der Waals surface area (Å²) in [6.07, 6.45) is 1.61. The Hall–Kier alpha value is -2.38. The van der Waals surface area contributed by atoms with Crippen LogP contribution in [0.3, 0.4) is 0 Å². The van der Waals surface area contributed by atoms with Gasteiger partial charge in [0.25, 0.3) is 0 Å². The van der Waals surface area contributed by atoms with E-state index in [1.165, 1.54) is 0 Å². The van der Waals surface area contributed by atoms with Crippen molar-refractivity contribution in [1.29, 1.82) is 0 Å². The molecule has 0 heterocycles. The van der Waals surface area contributed by atoms with Crippen LogP contribution >= 0.6 is 0 Å². The van der Waals surface area contributed by atoms with Crippen LogP contribution in [-0.2, 0) is 38.1 Å². The lowest BCUT2D eigenvalue weighted by atomic mass is 9.89. The van der Waals surface area contributed by atoms with E-state index in [1.54, 1.807) is 27.7 Å². The van der Waals surface area contributed by atoms with Crippen LogP contribution in [0.1, 0.15) is 53.4 Å². The summed E-state index contributed by atoms with van der Waals surface area (Å²) in [6, 6.07) is 0. The van der Waals surface area contributed by atoms with Crippen molar-refractivity contribution in [2.75, 3.05) is 26.4 Å². The molecule has 8 nitrogen and oxygen atoms in total. The molecule has 2 aliphatic carbocycles. The normalized spacial score (nSPS) is 25.7. The minimum Gasteiger partial charge on any atom is -0.466 e. The fraction of sp³-hybridized carbons (Fsp3) is 0.727. The van der Waals surface area contributed by atoms with Crippen molar-refractivity contribution in [2.45, 2.75) is 53.4 Å². The van der Waals surface area contributed by atoms with Crippen LogP contribution in [0.15, 0.2) is 11.1 Å². The van der Waals surface area contributed by atoms with Crippen molar-refractivity contribution >= 4 is 23.9 Å². The maximum absolute atomic E-state index is 12.7. The van der Waals surface area contributed by atoms with Crippen LogP contribution in [0.4, 0.5) is 0 Å². The Balaban J connectivity index is 2.39. The van der Waals surface area contributed by atoms with Gasteiger partial charge in [0.1, 0.15) is 0 Å². The number of hydrogen-bond acceptors (Lipinski definition) is 8. The number of rotatable bonds is 8. The van der Waals surface area contributed by atoms with Gasteiger partial charge in [0.2, 0.25) is 0 Å². The number of ether oxygens (including phenoxy) is 4. The lowest BCUT2D eigenvalue weighted by molar-refractivity contribution is -0.158. The molecule has 2 rings (SSSR count). The van der Waals surface area contributed by atoms with E-state index < -0.39 is 47.5 Å². The first-order valence-corrected chi connectivity index (χ1v) is 10.8. The molecule has 0 aliphatic heterocycles. The minimum absolute atomic E-state index is 0.199. The van der Waals surface area contributed by atoms with Gasteiger partial charge in [0, 0.05) is 0 Å². The minimum atomic E-state index is -0.747. The van der Waals surface area contributed by atoms with Crippen LogP contribution in [-0.4, -0.2) is 50.3 Å². The second-order valence-corrected chi connectivity index (χ2v) is 7.38. The van der Waals surface area contributed by atoms with E-state index in [0.29, 0.717) is 25.7 Å². The van der Waals surface area contributed by atoms with Crippen molar-refractivity contribution in [3.05, 3.63) is 11.1 Å². The summed E-state index contributed by atoms with van der Waals surface area (Å²) >= 11 is 0. The lowest BCUT2D eigenvalue weighted by Crippen LogP contribution is -2.30. The van der Waals surface area contributed by atoms with Crippen LogP contribution in [0, 0.1) is 23.7 Å². The summed E-state index contributed by atoms with van der Waals surface area (Å²) in [7, 11) is 0. The Bertz CT molecular complexity index is 667. The molecule has 0 bridgehead atoms. The van der Waals surface area contributed by atoms with E-state index in [2.05, 4.69) is 0 Å². The third-order valence-electron chi connectivity index (χ3n) is 5.68. The monoisotopic (exact) mass is 424 g/mol. The summed E-state index contributed by atoms with van der Waals surface area (Å²) in [6.45, 7) is 7.71. The highest BCUT2D eigenvalue weighted by atomic mass is 16.5. The topological polar surface area (TPSA) is 105 Å². The summed E-state index contributed by atoms with van der Waals surface area (Å²) < 4.78 is 20.7. The molecule has 0 amide bonds. The molecule has 0 N–H and O–H groups in total. The highest BCUT2D eigenvalue weighted by Gasteiger charge is 2.48. The van der Waals surface area contributed by atoms with Crippen molar-refractivity contribution in [3.8, 4) is 0 Å². The molecule has 4 atom stereocenters. The number of carbonyl (C=O) groups excluding carboxylic acids is 4. The van der Waals surface area contributed by atoms with Crippen molar-refractivity contribution in [2.24, 2.45) is 23.7 Å². The first-order chi connectivity index (χ1) is 14.4. The fourth-order valence-corrected chi connectivity index (χ4v) is 4.47. The standard InChI is InChI=1S/C22H32O8/c1-5-27-19(23)15-10-9-14(18(15)22(26)30-8-4)13-11-16(20(24)28-6-2)17(12-13)21(25)29-7-3/h15-18H,5-12H2,1-4H3/t15-,16+,17+,18-/m0/s1. The summed E-state index contributed by atoms with van der Waals surface area (Å²) in [4.78, 5) is 50.1. The summed E-state index contributed by atoms with van der Waals surface area (Å²) in [5, 5.41) is 0. The van der Waals surface area contributed by atoms with Crippen molar-refractivity contribution in [1.82, 2.24) is 0 Å². The van der Waals surface area contributed by atoms with Gasteiger partial charge in [-0.1, -0.05) is 11.1 Å². The Morgan fingerprint density at radius 3 is 1.50 bits per heavy atom. The zero-order valence-corrected chi connectivity index (χ0v) is 18.2. The van der Waals surface area contributed by atoms with Crippen LogP contribution < -0.4 is 0 Å². The van der Waals surface area contributed by atoms with Gasteiger partial charge in [-0.3, -0.25) is 19.2 Å². The molecule has 168 valence electrons. The third-order valence-corrected chi connectivity index (χ3v) is 5.68. The summed E-state index contributed by atoms with van der Waals surface area (Å²) in [5.41, 5.74) is 1.63. The Morgan fingerprint density at radius 2 is 1.07 bits per heavy atom. The number of allylic oxidation sites excluding steroid dienone is 1. The van der Waals surface area contributed by atoms with Crippen molar-refractivity contribution < 1.29 is 38.1 Å². The zero-order valence-electron chi connectivity index (χ0n) is 18.2. The van der Waals surface area contributed by atoms with Gasteiger partial charge in [0.05, 0.1) is 50.1 Å². The zero-order chi connectivity index (χ0) is 22.3. The average molecular weight is 424 g/mol. The maximum Gasteiger partial charge on any atom is 0.313 e. The molecule has 0 radical (unpaired) electrons. The average Bonchev–Trinajstić information content (AvgIpc) is 3.33. The Kier molecular flexibility index (Phi) is 8.87. The quantitative estimate of drug-likeness (QED) is 0.333. The van der Waals surface area contributed by atoms with E-state index in [-0.39, 0.29) is 26.4 Å². The van der Waals surface area contributed by atoms with Gasteiger partial charge in [-0.05, 0) is 53.4 Å². The third kappa shape index (κ3) is 5.21. The number of esters is 4. The van der Waals surface area contributed by atoms with Gasteiger partial charge in [-0.2, -0.15) is 0 Å². The molecule has 0 saturated heterocycles. The second kappa shape index (κ2) is 11.1. The van der Waals surface area contributed by atoms with Gasteiger partial charge in [-0.25, -0.2) is 0 Å². The van der Waals surface area contributed by atoms with Crippen molar-refractivity contribution in [3.63, 3.8) is 0 Å². The number of carbonyl (C=O) groups is 4. The predicted molar refractivity (Wildman–Crippen MR) is 106 cm³/mol. The summed E-state index contributed by atoms with van der Waals surface area (Å²) in [5.74, 6) is -4.46. The van der Waals surface area contributed by atoms with E-state index in [0.717, 1.165) is 11.1 Å². The van der Waals surface area contributed by atoms with Gasteiger partial charge < -0.3 is 18.9 Å². The molecule has 0 spiro atoms. The fourth-order valence-electron chi connectivity index (χ4n) is 4.47. The second-order valence-electron chi connectivity index (χ2n) is 7.38. The smallest absolute Gasteiger partial charge is 0.313 e. The molecule has 2 saturated carbocycles. The van der Waals surface area contributed by atoms with Gasteiger partial charge in [-0.15, -0.1) is 0 Å². The van der Waals surface area contributed by atoms with Crippen LogP contribution in [0.2, 0.25) is 0 Å². The maximum atomic E-state index is 12.7. The highest BCUT2D eigenvalue weighted by molar-refractivity contribution is 5.87. The SMILES string of the molecule is CCOC(=O)[C@H]1C(=C2C[C@@H](C(=O)OCC)[C@H](C(=O)OCC)C2)CC[C@@H]1C(=O)OCC. The first kappa shape index (κ1) is 23.9. The molecule has 0 unspecified atom stereocenters. The molecular formula is C22H32O8. The largest absolute Gasteiger partial charge is 0.466 e. The highest BCUT2D eigenvalue weighted by Crippen LogP contribution is 2.47. The van der Waals surface area contributed by atoms with Gasteiger partial charge in [0.15, 0.2) is 0 Å². The van der Waals surface area contributed by atoms with Gasteiger partial charge >= 0.3 is 23.9 Å². The van der Waals surface area contributed by atoms with E-state index in [9.17, 15) is 19.2 Å². The lowest BCUT2D eigenvalue weighted by Gasteiger charge is -2.19. The first-order valence-electron chi connectivity index (χ1n) is 10.8. The van der Waals surface area contributed by atoms with E-state index in [4.69, 9.17) is 18.9 Å². The van der Waals surface area contributed by atoms with E-state index >= 15 is 0 Å². The Labute approximate surface area is 177 Å². The molecule has 8 heteroatoms. The molecule has 0 aromatic carbocycles.